The molecule has 0 unspecified atom stereocenters. The highest BCUT2D eigenvalue weighted by Gasteiger charge is 2.25. The van der Waals surface area contributed by atoms with Crippen molar-refractivity contribution in [1.29, 1.82) is 5.26 Å². The van der Waals surface area contributed by atoms with Gasteiger partial charge in [0.15, 0.2) is 0 Å². The van der Waals surface area contributed by atoms with E-state index in [0.717, 1.165) is 11.3 Å². The Bertz CT molecular complexity index is 1390. The number of hydrogen-bond acceptors (Lipinski definition) is 6. The molecule has 2 aromatic carbocycles. The van der Waals surface area contributed by atoms with Crippen molar-refractivity contribution >= 4 is 40.8 Å². The van der Waals surface area contributed by atoms with Gasteiger partial charge in [0.05, 0.1) is 22.3 Å². The summed E-state index contributed by atoms with van der Waals surface area (Å²) in [6, 6.07) is 15.8. The first-order chi connectivity index (χ1) is 16.0. The summed E-state index contributed by atoms with van der Waals surface area (Å²) in [4.78, 5) is 25.5. The summed E-state index contributed by atoms with van der Waals surface area (Å²) in [7, 11) is 0. The molecule has 1 fully saturated rings. The molecular weight excluding hydrogens is 461 g/mol. The van der Waals surface area contributed by atoms with Crippen molar-refractivity contribution in [2.24, 2.45) is 0 Å². The summed E-state index contributed by atoms with van der Waals surface area (Å²) < 4.78 is 1.65. The Morgan fingerprint density at radius 2 is 1.76 bits per heavy atom. The van der Waals surface area contributed by atoms with Gasteiger partial charge in [0.25, 0.3) is 11.7 Å². The Morgan fingerprint density at radius 3 is 2.48 bits per heavy atom. The number of nitrogens with zero attached hydrogens (tertiary/aromatic N) is 7. The van der Waals surface area contributed by atoms with Crippen LogP contribution in [-0.4, -0.2) is 56.6 Å². The largest absolute Gasteiger partial charge is 0.336 e. The molecule has 0 atom stereocenters. The van der Waals surface area contributed by atoms with Gasteiger partial charge < -0.3 is 9.80 Å². The van der Waals surface area contributed by atoms with Gasteiger partial charge in [-0.15, -0.1) is 5.10 Å². The maximum atomic E-state index is 12.8. The van der Waals surface area contributed by atoms with E-state index in [1.165, 1.54) is 0 Å². The van der Waals surface area contributed by atoms with E-state index >= 15 is 0 Å². The van der Waals surface area contributed by atoms with Gasteiger partial charge in [-0.2, -0.15) is 14.8 Å². The lowest BCUT2D eigenvalue weighted by Crippen LogP contribution is -2.49. The van der Waals surface area contributed by atoms with Crippen LogP contribution < -0.4 is 4.90 Å². The smallest absolute Gasteiger partial charge is 0.254 e. The van der Waals surface area contributed by atoms with Crippen LogP contribution in [0.4, 0.5) is 5.95 Å². The maximum absolute atomic E-state index is 12.8. The number of benzene rings is 2. The number of aromatic nitrogens is 4. The highest BCUT2D eigenvalue weighted by Crippen LogP contribution is 2.30. The second kappa shape index (κ2) is 8.70. The summed E-state index contributed by atoms with van der Waals surface area (Å²) in [5.74, 6) is 0.940. The minimum absolute atomic E-state index is 0.0540. The van der Waals surface area contributed by atoms with E-state index in [1.807, 2.05) is 11.0 Å². The highest BCUT2D eigenvalue weighted by molar-refractivity contribution is 6.35. The van der Waals surface area contributed by atoms with E-state index in [1.54, 1.807) is 58.1 Å². The number of halogens is 2. The molecule has 2 aromatic heterocycles. The summed E-state index contributed by atoms with van der Waals surface area (Å²) in [5, 5.41) is 14.7. The lowest BCUT2D eigenvalue weighted by molar-refractivity contribution is 0.0746. The predicted molar refractivity (Wildman–Crippen MR) is 126 cm³/mol. The zero-order valence-electron chi connectivity index (χ0n) is 17.3. The van der Waals surface area contributed by atoms with Crippen molar-refractivity contribution in [3.05, 3.63) is 75.9 Å². The number of piperazine rings is 1. The van der Waals surface area contributed by atoms with Crippen LogP contribution in [0.3, 0.4) is 0 Å². The number of hydrogen-bond donors (Lipinski definition) is 0. The molecule has 0 bridgehead atoms. The van der Waals surface area contributed by atoms with Crippen molar-refractivity contribution in [3.63, 3.8) is 0 Å². The number of fused-ring (bicyclic) bond motifs is 1. The van der Waals surface area contributed by atoms with E-state index < -0.39 is 0 Å². The summed E-state index contributed by atoms with van der Waals surface area (Å²) in [6.45, 7) is 2.25. The number of anilines is 1. The molecule has 1 aliphatic heterocycles. The first-order valence-corrected chi connectivity index (χ1v) is 11.0. The van der Waals surface area contributed by atoms with Crippen molar-refractivity contribution in [3.8, 4) is 17.3 Å². The first-order valence-electron chi connectivity index (χ1n) is 10.2. The number of carbonyl (C=O) groups is 1. The molecule has 164 valence electrons. The minimum Gasteiger partial charge on any atom is -0.336 e. The molecule has 3 heterocycles. The van der Waals surface area contributed by atoms with Crippen LogP contribution in [0, 0.1) is 11.3 Å². The molecule has 5 rings (SSSR count). The van der Waals surface area contributed by atoms with Crippen LogP contribution in [0.5, 0.6) is 0 Å². The summed E-state index contributed by atoms with van der Waals surface area (Å²) in [5.41, 5.74) is 2.58. The molecule has 0 spiro atoms. The van der Waals surface area contributed by atoms with E-state index in [2.05, 4.69) is 21.1 Å². The molecule has 1 aliphatic rings. The standard InChI is InChI=1S/C23H17Cl2N7O/c24-17-5-6-19(25)18(13-17)20-7-8-27-22-28-23(29-32(20)22)31-11-9-30(10-12-31)21(33)16-3-1-15(14-26)2-4-16/h1-8,13H,9-12H2. The molecular formula is C23H17Cl2N7O. The number of nitriles is 1. The zero-order valence-corrected chi connectivity index (χ0v) is 18.8. The van der Waals surface area contributed by atoms with Crippen molar-refractivity contribution in [2.45, 2.75) is 0 Å². The molecule has 1 amide bonds. The normalized spacial score (nSPS) is 13.8. The van der Waals surface area contributed by atoms with Crippen LogP contribution in [0.1, 0.15) is 15.9 Å². The third-order valence-corrected chi connectivity index (χ3v) is 6.11. The van der Waals surface area contributed by atoms with E-state index in [0.29, 0.717) is 59.1 Å². The fourth-order valence-electron chi connectivity index (χ4n) is 3.79. The first kappa shape index (κ1) is 21.2. The van der Waals surface area contributed by atoms with Crippen LogP contribution in [0.15, 0.2) is 54.7 Å². The van der Waals surface area contributed by atoms with Gasteiger partial charge in [-0.1, -0.05) is 23.2 Å². The molecule has 4 aromatic rings. The maximum Gasteiger partial charge on any atom is 0.254 e. The Kier molecular flexibility index (Phi) is 5.58. The van der Waals surface area contributed by atoms with Gasteiger partial charge in [-0.05, 0) is 48.5 Å². The second-order valence-corrected chi connectivity index (χ2v) is 8.39. The number of rotatable bonds is 3. The molecule has 0 saturated carbocycles. The molecule has 8 nitrogen and oxygen atoms in total. The lowest BCUT2D eigenvalue weighted by atomic mass is 10.1. The van der Waals surface area contributed by atoms with E-state index in [-0.39, 0.29) is 5.91 Å². The van der Waals surface area contributed by atoms with Crippen molar-refractivity contribution < 1.29 is 4.79 Å². The second-order valence-electron chi connectivity index (χ2n) is 7.55. The molecule has 0 aliphatic carbocycles. The summed E-state index contributed by atoms with van der Waals surface area (Å²) in [6.07, 6.45) is 1.66. The van der Waals surface area contributed by atoms with Crippen molar-refractivity contribution in [1.82, 2.24) is 24.5 Å². The van der Waals surface area contributed by atoms with Gasteiger partial charge in [0, 0.05) is 48.5 Å². The average molecular weight is 478 g/mol. The molecule has 0 radical (unpaired) electrons. The van der Waals surface area contributed by atoms with Gasteiger partial charge in [-0.3, -0.25) is 4.79 Å². The van der Waals surface area contributed by atoms with Gasteiger partial charge in [0.2, 0.25) is 5.95 Å². The molecule has 10 heteroatoms. The topological polar surface area (TPSA) is 90.4 Å². The Hall–Kier alpha value is -3.67. The zero-order chi connectivity index (χ0) is 22.9. The Morgan fingerprint density at radius 1 is 1.00 bits per heavy atom. The summed E-state index contributed by atoms with van der Waals surface area (Å²) >= 11 is 12.6. The molecule has 33 heavy (non-hydrogen) atoms. The third kappa shape index (κ3) is 4.09. The van der Waals surface area contributed by atoms with E-state index in [4.69, 9.17) is 28.5 Å². The van der Waals surface area contributed by atoms with Crippen LogP contribution in [0.2, 0.25) is 10.0 Å². The molecule has 0 N–H and O–H groups in total. The monoisotopic (exact) mass is 477 g/mol. The quantitative estimate of drug-likeness (QED) is 0.443. The van der Waals surface area contributed by atoms with E-state index in [9.17, 15) is 4.79 Å². The molecule has 1 saturated heterocycles. The van der Waals surface area contributed by atoms with Gasteiger partial charge in [0.1, 0.15) is 0 Å². The average Bonchev–Trinajstić information content (AvgIpc) is 3.30. The minimum atomic E-state index is -0.0540. The highest BCUT2D eigenvalue weighted by atomic mass is 35.5. The van der Waals surface area contributed by atoms with Crippen molar-refractivity contribution in [2.75, 3.05) is 31.1 Å². The number of carbonyl (C=O) groups excluding carboxylic acids is 1. The Balaban J connectivity index is 1.35. The predicted octanol–water partition coefficient (Wildman–Crippen LogP) is 3.93. The van der Waals surface area contributed by atoms with Crippen LogP contribution in [-0.2, 0) is 0 Å². The van der Waals surface area contributed by atoms with Gasteiger partial charge in [-0.25, -0.2) is 4.98 Å². The number of amides is 1. The fourth-order valence-corrected chi connectivity index (χ4v) is 4.18. The van der Waals surface area contributed by atoms with Gasteiger partial charge >= 0.3 is 0 Å². The SMILES string of the molecule is N#Cc1ccc(C(=O)N2CCN(c3nc4nccc(-c5cc(Cl)ccc5Cl)n4n3)CC2)cc1. The van der Waals surface area contributed by atoms with Crippen LogP contribution in [0.25, 0.3) is 17.0 Å². The fraction of sp³-hybridized carbons (Fsp3) is 0.174. The lowest BCUT2D eigenvalue weighted by Gasteiger charge is -2.34. The van der Waals surface area contributed by atoms with Crippen LogP contribution >= 0.6 is 23.2 Å². The Labute approximate surface area is 199 Å². The third-order valence-electron chi connectivity index (χ3n) is 5.54.